The van der Waals surface area contributed by atoms with E-state index in [2.05, 4.69) is 56.1 Å². The van der Waals surface area contributed by atoms with Crippen molar-refractivity contribution in [3.63, 3.8) is 0 Å². The number of rotatable bonds is 7. The van der Waals surface area contributed by atoms with Gasteiger partial charge in [-0.05, 0) is 40.3 Å². The fourth-order valence-corrected chi connectivity index (χ4v) is 1.75. The number of hydrogen-bond acceptors (Lipinski definition) is 4. The third kappa shape index (κ3) is 5.65. The minimum atomic E-state index is 0.108. The lowest BCUT2D eigenvalue weighted by molar-refractivity contribution is 0.240. The van der Waals surface area contributed by atoms with Crippen molar-refractivity contribution >= 4 is 0 Å². The lowest BCUT2D eigenvalue weighted by Crippen LogP contribution is -2.35. The van der Waals surface area contributed by atoms with Crippen molar-refractivity contribution in [3.05, 3.63) is 17.5 Å². The summed E-state index contributed by atoms with van der Waals surface area (Å²) < 4.78 is 5.38. The molecule has 1 heterocycles. The first-order valence-corrected chi connectivity index (χ1v) is 6.86. The van der Waals surface area contributed by atoms with Crippen LogP contribution in [-0.4, -0.2) is 28.7 Å². The van der Waals surface area contributed by atoms with Crippen molar-refractivity contribution in [3.8, 4) is 0 Å². The second kappa shape index (κ2) is 6.90. The maximum absolute atomic E-state index is 5.38. The highest BCUT2D eigenvalue weighted by atomic mass is 16.5. The molecule has 4 heteroatoms. The largest absolute Gasteiger partial charge is 0.360 e. The average molecular weight is 253 g/mol. The molecule has 0 saturated carbocycles. The molecule has 0 amide bonds. The molecule has 104 valence electrons. The van der Waals surface area contributed by atoms with Gasteiger partial charge in [0.25, 0.3) is 0 Å². The van der Waals surface area contributed by atoms with E-state index in [-0.39, 0.29) is 5.54 Å². The van der Waals surface area contributed by atoms with Crippen LogP contribution in [0.4, 0.5) is 0 Å². The average Bonchev–Trinajstić information content (AvgIpc) is 2.73. The molecule has 0 unspecified atom stereocenters. The highest BCUT2D eigenvalue weighted by molar-refractivity contribution is 5.05. The van der Waals surface area contributed by atoms with Crippen molar-refractivity contribution in [2.75, 3.05) is 13.1 Å². The lowest BCUT2D eigenvalue weighted by atomic mass is 10.1. The summed E-state index contributed by atoms with van der Waals surface area (Å²) in [5.74, 6) is 0.955. The van der Waals surface area contributed by atoms with E-state index in [0.29, 0.717) is 0 Å². The minimum Gasteiger partial charge on any atom is -0.360 e. The van der Waals surface area contributed by atoms with Crippen LogP contribution in [0.2, 0.25) is 0 Å². The van der Waals surface area contributed by atoms with Crippen molar-refractivity contribution in [1.29, 1.82) is 0 Å². The topological polar surface area (TPSA) is 41.3 Å². The van der Waals surface area contributed by atoms with Crippen molar-refractivity contribution < 1.29 is 4.52 Å². The molecule has 0 bridgehead atoms. The summed E-state index contributed by atoms with van der Waals surface area (Å²) in [6.07, 6.45) is 1.17. The molecule has 1 N–H and O–H groups in total. The molecular weight excluding hydrogens is 226 g/mol. The van der Waals surface area contributed by atoms with Gasteiger partial charge in [-0.25, -0.2) is 0 Å². The molecule has 0 aromatic carbocycles. The van der Waals surface area contributed by atoms with E-state index in [4.69, 9.17) is 4.52 Å². The van der Waals surface area contributed by atoms with Gasteiger partial charge in [-0.2, -0.15) is 0 Å². The second-order valence-electron chi connectivity index (χ2n) is 5.76. The van der Waals surface area contributed by atoms with Crippen LogP contribution < -0.4 is 5.32 Å². The highest BCUT2D eigenvalue weighted by Gasteiger charge is 2.12. The van der Waals surface area contributed by atoms with Gasteiger partial charge >= 0.3 is 0 Å². The molecule has 0 aliphatic heterocycles. The van der Waals surface area contributed by atoms with E-state index in [1.165, 1.54) is 6.42 Å². The Balaban J connectivity index is 2.47. The van der Waals surface area contributed by atoms with E-state index in [0.717, 1.165) is 37.6 Å². The van der Waals surface area contributed by atoms with Gasteiger partial charge in [0.05, 0.1) is 12.2 Å². The van der Waals surface area contributed by atoms with E-state index in [1.807, 2.05) is 0 Å². The third-order valence-electron chi connectivity index (χ3n) is 2.77. The molecule has 0 fully saturated rings. The first-order chi connectivity index (χ1) is 8.44. The summed E-state index contributed by atoms with van der Waals surface area (Å²) in [7, 11) is 0. The quantitative estimate of drug-likeness (QED) is 0.811. The molecular formula is C14H27N3O. The molecule has 0 saturated heterocycles. The molecule has 1 aromatic rings. The van der Waals surface area contributed by atoms with Crippen LogP contribution in [0, 0.1) is 0 Å². The first kappa shape index (κ1) is 15.2. The Morgan fingerprint density at radius 3 is 2.61 bits per heavy atom. The molecule has 1 rings (SSSR count). The summed E-state index contributed by atoms with van der Waals surface area (Å²) in [4.78, 5) is 2.36. The van der Waals surface area contributed by atoms with Crippen LogP contribution in [0.25, 0.3) is 0 Å². The van der Waals surface area contributed by atoms with Crippen LogP contribution in [0.3, 0.4) is 0 Å². The maximum atomic E-state index is 5.38. The molecule has 0 aliphatic rings. The zero-order valence-electron chi connectivity index (χ0n) is 12.4. The Morgan fingerprint density at radius 1 is 1.33 bits per heavy atom. The first-order valence-electron chi connectivity index (χ1n) is 6.86. The molecule has 4 nitrogen and oxygen atoms in total. The lowest BCUT2D eigenvalue weighted by Gasteiger charge is -2.19. The summed E-state index contributed by atoms with van der Waals surface area (Å²) in [6, 6.07) is 2.05. The number of hydrogen-bond donors (Lipinski definition) is 1. The van der Waals surface area contributed by atoms with E-state index >= 15 is 0 Å². The fraction of sp³-hybridized carbons (Fsp3) is 0.786. The fourth-order valence-electron chi connectivity index (χ4n) is 1.75. The minimum absolute atomic E-state index is 0.108. The van der Waals surface area contributed by atoms with Crippen LogP contribution >= 0.6 is 0 Å². The van der Waals surface area contributed by atoms with Gasteiger partial charge in [0.2, 0.25) is 0 Å². The Morgan fingerprint density at radius 2 is 2.06 bits per heavy atom. The molecule has 0 radical (unpaired) electrons. The predicted octanol–water partition coefficient (Wildman–Crippen LogP) is 2.79. The van der Waals surface area contributed by atoms with E-state index < -0.39 is 0 Å². The van der Waals surface area contributed by atoms with Crippen molar-refractivity contribution in [2.24, 2.45) is 0 Å². The maximum Gasteiger partial charge on any atom is 0.151 e. The molecule has 0 atom stereocenters. The number of nitrogens with one attached hydrogen (secondary N) is 1. The molecule has 18 heavy (non-hydrogen) atoms. The van der Waals surface area contributed by atoms with E-state index in [9.17, 15) is 0 Å². The van der Waals surface area contributed by atoms with Crippen LogP contribution in [-0.2, 0) is 13.1 Å². The SMILES string of the molecule is CCCN(CC)Cc1cc(CNC(C)(C)C)no1. The summed E-state index contributed by atoms with van der Waals surface area (Å²) in [6.45, 7) is 14.6. The van der Waals surface area contributed by atoms with Crippen LogP contribution in [0.15, 0.2) is 10.6 Å². The van der Waals surface area contributed by atoms with Gasteiger partial charge < -0.3 is 9.84 Å². The zero-order chi connectivity index (χ0) is 13.6. The third-order valence-corrected chi connectivity index (χ3v) is 2.77. The van der Waals surface area contributed by atoms with Crippen LogP contribution in [0.5, 0.6) is 0 Å². The smallest absolute Gasteiger partial charge is 0.151 e. The Hall–Kier alpha value is -0.870. The van der Waals surface area contributed by atoms with Crippen molar-refractivity contribution in [2.45, 2.75) is 59.7 Å². The van der Waals surface area contributed by atoms with Gasteiger partial charge in [0, 0.05) is 18.2 Å². The van der Waals surface area contributed by atoms with Gasteiger partial charge in [0.1, 0.15) is 0 Å². The number of nitrogens with zero attached hydrogens (tertiary/aromatic N) is 2. The van der Waals surface area contributed by atoms with Gasteiger partial charge in [-0.15, -0.1) is 0 Å². The summed E-state index contributed by atoms with van der Waals surface area (Å²) in [5, 5.41) is 7.51. The Kier molecular flexibility index (Phi) is 5.82. The summed E-state index contributed by atoms with van der Waals surface area (Å²) >= 11 is 0. The Labute approximate surface area is 111 Å². The number of aromatic nitrogens is 1. The monoisotopic (exact) mass is 253 g/mol. The molecule has 1 aromatic heterocycles. The van der Waals surface area contributed by atoms with Gasteiger partial charge in [-0.3, -0.25) is 4.90 Å². The molecule has 0 aliphatic carbocycles. The highest BCUT2D eigenvalue weighted by Crippen LogP contribution is 2.09. The zero-order valence-corrected chi connectivity index (χ0v) is 12.4. The van der Waals surface area contributed by atoms with Gasteiger partial charge in [0.15, 0.2) is 5.76 Å². The molecule has 0 spiro atoms. The normalized spacial score (nSPS) is 12.3. The predicted molar refractivity (Wildman–Crippen MR) is 74.3 cm³/mol. The second-order valence-corrected chi connectivity index (χ2v) is 5.76. The Bertz CT molecular complexity index is 341. The standard InChI is InChI=1S/C14H27N3O/c1-6-8-17(7-2)11-13-9-12(16-18-13)10-15-14(3,4)5/h9,15H,6-8,10-11H2,1-5H3. The van der Waals surface area contributed by atoms with Crippen LogP contribution in [0.1, 0.15) is 52.5 Å². The summed E-state index contributed by atoms with van der Waals surface area (Å²) in [5.41, 5.74) is 1.09. The van der Waals surface area contributed by atoms with Gasteiger partial charge in [-0.1, -0.05) is 19.0 Å². The van der Waals surface area contributed by atoms with Crippen molar-refractivity contribution in [1.82, 2.24) is 15.4 Å². The van der Waals surface area contributed by atoms with E-state index in [1.54, 1.807) is 0 Å².